The predicted molar refractivity (Wildman–Crippen MR) is 82.9 cm³/mol. The van der Waals surface area contributed by atoms with Crippen LogP contribution in [0.4, 0.5) is 0 Å². The number of nitrogens with zero attached hydrogens (tertiary/aromatic N) is 2. The Bertz CT molecular complexity index is 886. The average Bonchev–Trinajstić information content (AvgIpc) is 2.50. The van der Waals surface area contributed by atoms with Crippen LogP contribution in [0.3, 0.4) is 0 Å². The maximum atomic E-state index is 12.4. The van der Waals surface area contributed by atoms with Crippen molar-refractivity contribution in [1.29, 1.82) is 0 Å². The summed E-state index contributed by atoms with van der Waals surface area (Å²) in [5.74, 6) is -0.447. The summed E-state index contributed by atoms with van der Waals surface area (Å²) >= 11 is 0. The van der Waals surface area contributed by atoms with Gasteiger partial charge in [0.15, 0.2) is 5.43 Å². The van der Waals surface area contributed by atoms with E-state index in [9.17, 15) is 18.0 Å². The SMILES string of the molecule is O=C(Cn1ccc(=O)c2ccccc21)N1CCCCS1(=O)=O. The maximum Gasteiger partial charge on any atom is 0.255 e. The number of para-hydroxylation sites is 1. The molecule has 1 fully saturated rings. The van der Waals surface area contributed by atoms with E-state index in [1.807, 2.05) is 0 Å². The molecule has 6 nitrogen and oxygen atoms in total. The molecule has 0 spiro atoms. The molecule has 0 atom stereocenters. The van der Waals surface area contributed by atoms with Crippen molar-refractivity contribution in [2.45, 2.75) is 19.4 Å². The highest BCUT2D eigenvalue weighted by atomic mass is 32.2. The van der Waals surface area contributed by atoms with E-state index in [1.165, 1.54) is 12.3 Å². The van der Waals surface area contributed by atoms with E-state index in [-0.39, 0.29) is 24.3 Å². The van der Waals surface area contributed by atoms with Crippen molar-refractivity contribution in [3.63, 3.8) is 0 Å². The first kappa shape index (κ1) is 14.8. The lowest BCUT2D eigenvalue weighted by molar-refractivity contribution is -0.127. The van der Waals surface area contributed by atoms with Crippen molar-refractivity contribution >= 4 is 26.8 Å². The lowest BCUT2D eigenvalue weighted by Crippen LogP contribution is -2.43. The van der Waals surface area contributed by atoms with Crippen LogP contribution in [0, 0.1) is 0 Å². The molecule has 1 aromatic heterocycles. The summed E-state index contributed by atoms with van der Waals surface area (Å²) in [6, 6.07) is 8.36. The molecule has 22 heavy (non-hydrogen) atoms. The van der Waals surface area contributed by atoms with E-state index in [0.717, 1.165) is 4.31 Å². The summed E-state index contributed by atoms with van der Waals surface area (Å²) in [7, 11) is -3.50. The number of pyridine rings is 1. The molecule has 2 aromatic rings. The smallest absolute Gasteiger partial charge is 0.255 e. The van der Waals surface area contributed by atoms with Gasteiger partial charge in [-0.3, -0.25) is 9.59 Å². The second-order valence-electron chi connectivity index (χ2n) is 5.31. The molecule has 1 aliphatic rings. The van der Waals surface area contributed by atoms with Crippen LogP contribution in [0.2, 0.25) is 0 Å². The van der Waals surface area contributed by atoms with Gasteiger partial charge in [-0.25, -0.2) is 12.7 Å². The van der Waals surface area contributed by atoms with Gasteiger partial charge in [0.1, 0.15) is 6.54 Å². The van der Waals surface area contributed by atoms with E-state index in [4.69, 9.17) is 0 Å². The van der Waals surface area contributed by atoms with Crippen LogP contribution in [0.25, 0.3) is 10.9 Å². The second-order valence-corrected chi connectivity index (χ2v) is 7.33. The molecule has 1 aromatic carbocycles. The molecule has 116 valence electrons. The van der Waals surface area contributed by atoms with Crippen LogP contribution < -0.4 is 5.43 Å². The first-order chi connectivity index (χ1) is 10.5. The molecule has 0 saturated carbocycles. The third-order valence-corrected chi connectivity index (χ3v) is 5.68. The second kappa shape index (κ2) is 5.57. The predicted octanol–water partition coefficient (Wildman–Crippen LogP) is 0.954. The number of hydrogen-bond donors (Lipinski definition) is 0. The highest BCUT2D eigenvalue weighted by molar-refractivity contribution is 7.89. The molecule has 0 aliphatic carbocycles. The van der Waals surface area contributed by atoms with Crippen molar-refractivity contribution in [2.75, 3.05) is 12.3 Å². The maximum absolute atomic E-state index is 12.4. The zero-order valence-corrected chi connectivity index (χ0v) is 12.8. The summed E-state index contributed by atoms with van der Waals surface area (Å²) < 4.78 is 26.5. The van der Waals surface area contributed by atoms with E-state index in [1.54, 1.807) is 28.8 Å². The fraction of sp³-hybridized carbons (Fsp3) is 0.333. The molecular weight excluding hydrogens is 304 g/mol. The van der Waals surface area contributed by atoms with Crippen molar-refractivity contribution in [2.24, 2.45) is 0 Å². The van der Waals surface area contributed by atoms with Crippen molar-refractivity contribution in [3.8, 4) is 0 Å². The Morgan fingerprint density at radius 2 is 1.91 bits per heavy atom. The first-order valence-corrected chi connectivity index (χ1v) is 8.71. The largest absolute Gasteiger partial charge is 0.338 e. The van der Waals surface area contributed by atoms with Crippen LogP contribution in [-0.4, -0.2) is 35.5 Å². The summed E-state index contributed by atoms with van der Waals surface area (Å²) in [6.45, 7) is 0.138. The summed E-state index contributed by atoms with van der Waals surface area (Å²) in [6.07, 6.45) is 2.81. The number of carbonyl (C=O) groups is 1. The van der Waals surface area contributed by atoms with Crippen molar-refractivity contribution < 1.29 is 13.2 Å². The zero-order valence-electron chi connectivity index (χ0n) is 11.9. The number of fused-ring (bicyclic) bond motifs is 1. The third-order valence-electron chi connectivity index (χ3n) is 3.82. The fourth-order valence-electron chi connectivity index (χ4n) is 2.69. The number of amides is 1. The van der Waals surface area contributed by atoms with Gasteiger partial charge in [-0.15, -0.1) is 0 Å². The molecule has 0 N–H and O–H groups in total. The number of carbonyl (C=O) groups excluding carboxylic acids is 1. The van der Waals surface area contributed by atoms with Crippen LogP contribution in [0.5, 0.6) is 0 Å². The van der Waals surface area contributed by atoms with Gasteiger partial charge < -0.3 is 4.57 Å². The molecule has 0 radical (unpaired) electrons. The Hall–Kier alpha value is -2.15. The van der Waals surface area contributed by atoms with Gasteiger partial charge in [0, 0.05) is 24.2 Å². The van der Waals surface area contributed by atoms with Crippen LogP contribution in [0.15, 0.2) is 41.3 Å². The third kappa shape index (κ3) is 2.64. The van der Waals surface area contributed by atoms with Gasteiger partial charge >= 0.3 is 0 Å². The van der Waals surface area contributed by atoms with Gasteiger partial charge in [-0.05, 0) is 25.0 Å². The topological polar surface area (TPSA) is 76.5 Å². The van der Waals surface area contributed by atoms with Gasteiger partial charge in [-0.1, -0.05) is 12.1 Å². The molecular formula is C15H16N2O4S. The van der Waals surface area contributed by atoms with Gasteiger partial charge in [-0.2, -0.15) is 0 Å². The quantitative estimate of drug-likeness (QED) is 0.825. The Morgan fingerprint density at radius 1 is 1.14 bits per heavy atom. The van der Waals surface area contributed by atoms with E-state index >= 15 is 0 Å². The summed E-state index contributed by atoms with van der Waals surface area (Å²) in [4.78, 5) is 24.2. The van der Waals surface area contributed by atoms with E-state index in [0.29, 0.717) is 23.7 Å². The lowest BCUT2D eigenvalue weighted by atomic mass is 10.2. The first-order valence-electron chi connectivity index (χ1n) is 7.10. The van der Waals surface area contributed by atoms with Gasteiger partial charge in [0.25, 0.3) is 5.91 Å². The Kier molecular flexibility index (Phi) is 3.74. The Labute approximate surface area is 128 Å². The minimum absolute atomic E-state index is 0.0175. The molecule has 1 amide bonds. The van der Waals surface area contributed by atoms with E-state index < -0.39 is 15.9 Å². The Balaban J connectivity index is 1.95. The normalized spacial score (nSPS) is 17.5. The van der Waals surface area contributed by atoms with Crippen LogP contribution in [0.1, 0.15) is 12.8 Å². The highest BCUT2D eigenvalue weighted by Gasteiger charge is 2.30. The Morgan fingerprint density at radius 3 is 2.68 bits per heavy atom. The van der Waals surface area contributed by atoms with Crippen molar-refractivity contribution in [3.05, 3.63) is 46.8 Å². The van der Waals surface area contributed by atoms with E-state index in [2.05, 4.69) is 0 Å². The van der Waals surface area contributed by atoms with Crippen molar-refractivity contribution in [1.82, 2.24) is 8.87 Å². The summed E-state index contributed by atoms with van der Waals surface area (Å²) in [5, 5.41) is 0.513. The number of rotatable bonds is 2. The minimum atomic E-state index is -3.50. The molecule has 2 heterocycles. The number of sulfonamides is 1. The monoisotopic (exact) mass is 320 g/mol. The molecule has 7 heteroatoms. The average molecular weight is 320 g/mol. The fourth-order valence-corrected chi connectivity index (χ4v) is 4.26. The standard InChI is InChI=1S/C15H16N2O4S/c18-14-7-9-16(13-6-2-1-5-12(13)14)11-15(19)17-8-3-4-10-22(17,20)21/h1-2,5-7,9H,3-4,8,10-11H2. The number of hydrogen-bond acceptors (Lipinski definition) is 4. The lowest BCUT2D eigenvalue weighted by Gasteiger charge is -2.26. The zero-order chi connectivity index (χ0) is 15.7. The minimum Gasteiger partial charge on any atom is -0.338 e. The van der Waals surface area contributed by atoms with Gasteiger partial charge in [0.05, 0.1) is 11.3 Å². The summed E-state index contributed by atoms with van der Waals surface area (Å²) in [5.41, 5.74) is 0.502. The van der Waals surface area contributed by atoms with Gasteiger partial charge in [0.2, 0.25) is 10.0 Å². The molecule has 1 saturated heterocycles. The molecule has 0 unspecified atom stereocenters. The molecule has 3 rings (SSSR count). The number of aromatic nitrogens is 1. The molecule has 1 aliphatic heterocycles. The van der Waals surface area contributed by atoms with Crippen LogP contribution in [-0.2, 0) is 21.4 Å². The number of benzene rings is 1. The molecule has 0 bridgehead atoms. The highest BCUT2D eigenvalue weighted by Crippen LogP contribution is 2.16. The van der Waals surface area contributed by atoms with Crippen LogP contribution >= 0.6 is 0 Å².